The Labute approximate surface area is 105 Å². The number of nitrogens with two attached hydrogens (primary N) is 1. The number of hydrogen-bond acceptors (Lipinski definition) is 3. The lowest BCUT2D eigenvalue weighted by Crippen LogP contribution is -2.48. The van der Waals surface area contributed by atoms with Crippen molar-refractivity contribution in [2.24, 2.45) is 5.73 Å². The summed E-state index contributed by atoms with van der Waals surface area (Å²) in [6.07, 6.45) is -0.0739. The molecule has 1 aliphatic heterocycles. The van der Waals surface area contributed by atoms with Crippen molar-refractivity contribution in [3.8, 4) is 0 Å². The van der Waals surface area contributed by atoms with Crippen molar-refractivity contribution in [1.29, 1.82) is 0 Å². The second-order valence-electron chi connectivity index (χ2n) is 3.96. The molecule has 0 unspecified atom stereocenters. The van der Waals surface area contributed by atoms with Gasteiger partial charge in [-0.05, 0) is 12.1 Å². The van der Waals surface area contributed by atoms with E-state index in [9.17, 15) is 4.79 Å². The van der Waals surface area contributed by atoms with Gasteiger partial charge in [-0.25, -0.2) is 0 Å². The summed E-state index contributed by atoms with van der Waals surface area (Å²) < 4.78 is 5.42. The van der Waals surface area contributed by atoms with Crippen LogP contribution in [-0.2, 0) is 4.74 Å². The lowest BCUT2D eigenvalue weighted by Gasteiger charge is -2.32. The fourth-order valence-corrected chi connectivity index (χ4v) is 2.07. The summed E-state index contributed by atoms with van der Waals surface area (Å²) in [5.41, 5.74) is 6.08. The van der Waals surface area contributed by atoms with Gasteiger partial charge in [0.15, 0.2) is 0 Å². The molecule has 0 spiro atoms. The van der Waals surface area contributed by atoms with E-state index < -0.39 is 0 Å². The highest BCUT2D eigenvalue weighted by Crippen LogP contribution is 2.18. The zero-order valence-electron chi connectivity index (χ0n) is 9.43. The molecular formula is C12H15ClN2O2. The summed E-state index contributed by atoms with van der Waals surface area (Å²) in [6.45, 7) is 2.06. The maximum Gasteiger partial charge on any atom is 0.255 e. The van der Waals surface area contributed by atoms with Crippen LogP contribution in [0.5, 0.6) is 0 Å². The van der Waals surface area contributed by atoms with Crippen LogP contribution in [0.25, 0.3) is 0 Å². The van der Waals surface area contributed by atoms with E-state index in [1.165, 1.54) is 0 Å². The molecule has 5 heteroatoms. The summed E-state index contributed by atoms with van der Waals surface area (Å²) in [5.74, 6) is -0.0580. The molecule has 0 radical (unpaired) electrons. The number of benzene rings is 1. The van der Waals surface area contributed by atoms with Crippen LogP contribution in [0.2, 0.25) is 5.02 Å². The van der Waals surface area contributed by atoms with Gasteiger partial charge < -0.3 is 15.4 Å². The van der Waals surface area contributed by atoms with Crippen LogP contribution >= 0.6 is 11.6 Å². The standard InChI is InChI=1S/C12H15ClN2O2/c13-11-4-2-1-3-10(11)12(16)15-5-6-17-9(7-14)8-15/h1-4,9H,5-8,14H2/t9-/m0/s1. The number of carbonyl (C=O) groups is 1. The second-order valence-corrected chi connectivity index (χ2v) is 4.37. The predicted molar refractivity (Wildman–Crippen MR) is 66.1 cm³/mol. The Bertz CT molecular complexity index is 411. The quantitative estimate of drug-likeness (QED) is 0.861. The molecule has 0 aromatic heterocycles. The smallest absolute Gasteiger partial charge is 0.255 e. The summed E-state index contributed by atoms with van der Waals surface area (Å²) in [4.78, 5) is 14.0. The second kappa shape index (κ2) is 5.49. The van der Waals surface area contributed by atoms with E-state index >= 15 is 0 Å². The molecule has 0 saturated carbocycles. The van der Waals surface area contributed by atoms with E-state index in [0.29, 0.717) is 36.8 Å². The molecule has 92 valence electrons. The van der Waals surface area contributed by atoms with Crippen molar-refractivity contribution in [3.05, 3.63) is 34.9 Å². The summed E-state index contributed by atoms with van der Waals surface area (Å²) >= 11 is 6.01. The fourth-order valence-electron chi connectivity index (χ4n) is 1.85. The number of rotatable bonds is 2. The molecule has 1 atom stereocenters. The van der Waals surface area contributed by atoms with Crippen molar-refractivity contribution >= 4 is 17.5 Å². The van der Waals surface area contributed by atoms with Gasteiger partial charge in [-0.15, -0.1) is 0 Å². The van der Waals surface area contributed by atoms with E-state index in [4.69, 9.17) is 22.1 Å². The van der Waals surface area contributed by atoms with Gasteiger partial charge in [-0.2, -0.15) is 0 Å². The fraction of sp³-hybridized carbons (Fsp3) is 0.417. The van der Waals surface area contributed by atoms with Crippen molar-refractivity contribution in [2.75, 3.05) is 26.2 Å². The zero-order chi connectivity index (χ0) is 12.3. The minimum absolute atomic E-state index is 0.0580. The Morgan fingerprint density at radius 3 is 3.00 bits per heavy atom. The van der Waals surface area contributed by atoms with Crippen LogP contribution in [0.4, 0.5) is 0 Å². The first kappa shape index (κ1) is 12.4. The van der Waals surface area contributed by atoms with Crippen molar-refractivity contribution < 1.29 is 9.53 Å². The highest BCUT2D eigenvalue weighted by molar-refractivity contribution is 6.33. The first-order chi connectivity index (χ1) is 8.22. The van der Waals surface area contributed by atoms with Gasteiger partial charge >= 0.3 is 0 Å². The number of ether oxygens (including phenoxy) is 1. The Hall–Kier alpha value is -1.10. The highest BCUT2D eigenvalue weighted by Gasteiger charge is 2.25. The van der Waals surface area contributed by atoms with Gasteiger partial charge in [0.2, 0.25) is 0 Å². The maximum absolute atomic E-state index is 12.2. The van der Waals surface area contributed by atoms with Crippen molar-refractivity contribution in [3.63, 3.8) is 0 Å². The van der Waals surface area contributed by atoms with Gasteiger partial charge in [0.05, 0.1) is 23.3 Å². The molecule has 17 heavy (non-hydrogen) atoms. The molecule has 1 heterocycles. The minimum Gasteiger partial charge on any atom is -0.373 e. The molecule has 2 rings (SSSR count). The molecule has 0 bridgehead atoms. The molecule has 1 amide bonds. The van der Waals surface area contributed by atoms with Crippen LogP contribution in [0.15, 0.2) is 24.3 Å². The van der Waals surface area contributed by atoms with Crippen molar-refractivity contribution in [2.45, 2.75) is 6.10 Å². The van der Waals surface area contributed by atoms with Gasteiger partial charge in [-0.3, -0.25) is 4.79 Å². The van der Waals surface area contributed by atoms with E-state index in [-0.39, 0.29) is 12.0 Å². The van der Waals surface area contributed by atoms with Crippen molar-refractivity contribution in [1.82, 2.24) is 4.90 Å². The van der Waals surface area contributed by atoms with E-state index in [2.05, 4.69) is 0 Å². The van der Waals surface area contributed by atoms with Crippen LogP contribution in [0, 0.1) is 0 Å². The topological polar surface area (TPSA) is 55.6 Å². The van der Waals surface area contributed by atoms with Crippen LogP contribution in [-0.4, -0.2) is 43.2 Å². The van der Waals surface area contributed by atoms with Crippen LogP contribution < -0.4 is 5.73 Å². The molecule has 1 aromatic rings. The van der Waals surface area contributed by atoms with Gasteiger partial charge in [0.25, 0.3) is 5.91 Å². The zero-order valence-corrected chi connectivity index (χ0v) is 10.2. The third kappa shape index (κ3) is 2.77. The van der Waals surface area contributed by atoms with Gasteiger partial charge in [-0.1, -0.05) is 23.7 Å². The Kier molecular flexibility index (Phi) is 3.99. The molecule has 1 aromatic carbocycles. The van der Waals surface area contributed by atoms with E-state index in [0.717, 1.165) is 0 Å². The monoisotopic (exact) mass is 254 g/mol. The predicted octanol–water partition coefficient (Wildman–Crippen LogP) is 1.14. The number of carbonyl (C=O) groups excluding carboxylic acids is 1. The molecule has 2 N–H and O–H groups in total. The van der Waals surface area contributed by atoms with Gasteiger partial charge in [0, 0.05) is 19.6 Å². The minimum atomic E-state index is -0.0739. The van der Waals surface area contributed by atoms with Crippen LogP contribution in [0.1, 0.15) is 10.4 Å². The third-order valence-corrected chi connectivity index (χ3v) is 3.12. The first-order valence-corrected chi connectivity index (χ1v) is 5.95. The van der Waals surface area contributed by atoms with Gasteiger partial charge in [0.1, 0.15) is 0 Å². The highest BCUT2D eigenvalue weighted by atomic mass is 35.5. The summed E-state index contributed by atoms with van der Waals surface area (Å²) in [5, 5.41) is 0.480. The average Bonchev–Trinajstić information content (AvgIpc) is 2.38. The summed E-state index contributed by atoms with van der Waals surface area (Å²) in [7, 11) is 0. The summed E-state index contributed by atoms with van der Waals surface area (Å²) in [6, 6.07) is 7.06. The lowest BCUT2D eigenvalue weighted by molar-refractivity contribution is -0.0167. The lowest BCUT2D eigenvalue weighted by atomic mass is 10.1. The maximum atomic E-state index is 12.2. The average molecular weight is 255 g/mol. The largest absolute Gasteiger partial charge is 0.373 e. The molecule has 1 aliphatic rings. The Morgan fingerprint density at radius 2 is 2.29 bits per heavy atom. The SMILES string of the molecule is NC[C@H]1CN(C(=O)c2ccccc2Cl)CCO1. The number of amides is 1. The third-order valence-electron chi connectivity index (χ3n) is 2.79. The van der Waals surface area contributed by atoms with E-state index in [1.54, 1.807) is 29.2 Å². The number of halogens is 1. The molecular weight excluding hydrogens is 240 g/mol. The first-order valence-electron chi connectivity index (χ1n) is 5.58. The van der Waals surface area contributed by atoms with E-state index in [1.807, 2.05) is 0 Å². The Balaban J connectivity index is 2.12. The normalized spacial score (nSPS) is 20.4. The molecule has 1 fully saturated rings. The number of nitrogens with zero attached hydrogens (tertiary/aromatic N) is 1. The van der Waals surface area contributed by atoms with Crippen LogP contribution in [0.3, 0.4) is 0 Å². The Morgan fingerprint density at radius 1 is 1.53 bits per heavy atom. The molecule has 1 saturated heterocycles. The molecule has 4 nitrogen and oxygen atoms in total. The molecule has 0 aliphatic carbocycles. The number of morpholine rings is 1. The number of hydrogen-bond donors (Lipinski definition) is 1.